The molecule has 1 aromatic rings. The molecule has 0 saturated carbocycles. The van der Waals surface area contributed by atoms with Crippen LogP contribution in [0.2, 0.25) is 0 Å². The largest absolute Gasteiger partial charge is 0.385 e. The maximum Gasteiger partial charge on any atom is 0.251 e. The smallest absolute Gasteiger partial charge is 0.251 e. The second kappa shape index (κ2) is 13.2. The van der Waals surface area contributed by atoms with Gasteiger partial charge in [0.15, 0.2) is 5.96 Å². The zero-order valence-electron chi connectivity index (χ0n) is 18.4. The number of guanidine groups is 1. The van der Waals surface area contributed by atoms with E-state index in [1.54, 1.807) is 26.2 Å². The Balaban J connectivity index is 1.76. The van der Waals surface area contributed by atoms with Crippen molar-refractivity contribution in [3.63, 3.8) is 0 Å². The van der Waals surface area contributed by atoms with Crippen molar-refractivity contribution in [2.75, 3.05) is 53.0 Å². The van der Waals surface area contributed by atoms with E-state index in [0.29, 0.717) is 24.2 Å². The van der Waals surface area contributed by atoms with E-state index in [-0.39, 0.29) is 17.8 Å². The lowest BCUT2D eigenvalue weighted by Gasteiger charge is -2.34. The van der Waals surface area contributed by atoms with Crippen molar-refractivity contribution in [3.05, 3.63) is 35.1 Å². The van der Waals surface area contributed by atoms with Crippen LogP contribution < -0.4 is 10.6 Å². The first kappa shape index (κ1) is 24.1. The molecule has 1 aliphatic heterocycles. The lowest BCUT2D eigenvalue weighted by Crippen LogP contribution is -2.47. The van der Waals surface area contributed by atoms with Crippen LogP contribution in [0.3, 0.4) is 0 Å². The number of aryl methyl sites for hydroxylation is 1. The molecule has 0 radical (unpaired) electrons. The molecule has 0 aliphatic carbocycles. The van der Waals surface area contributed by atoms with Crippen LogP contribution in [0, 0.1) is 12.7 Å². The standard InChI is InChI=1S/C22H35FN4O3/c1-4-24-22(27-12-8-19(9-13-27)30-15-5-14-29-3)26-11-10-25-21(28)18-7-6-17(2)20(23)16-18/h6-7,16,19H,4-5,8-15H2,1-3H3,(H,24,26)(H,25,28). The third-order valence-corrected chi connectivity index (χ3v) is 5.02. The van der Waals surface area contributed by atoms with Crippen LogP contribution in [-0.2, 0) is 9.47 Å². The maximum absolute atomic E-state index is 13.6. The number of hydrogen-bond donors (Lipinski definition) is 2. The number of halogens is 1. The fourth-order valence-corrected chi connectivity index (χ4v) is 3.28. The Morgan fingerprint density at radius 1 is 1.27 bits per heavy atom. The highest BCUT2D eigenvalue weighted by Crippen LogP contribution is 2.14. The number of carbonyl (C=O) groups is 1. The molecule has 1 fully saturated rings. The summed E-state index contributed by atoms with van der Waals surface area (Å²) in [5, 5.41) is 6.11. The number of ether oxygens (including phenoxy) is 2. The van der Waals surface area contributed by atoms with E-state index in [2.05, 4.69) is 20.5 Å². The highest BCUT2D eigenvalue weighted by Gasteiger charge is 2.21. The fourth-order valence-electron chi connectivity index (χ4n) is 3.28. The quantitative estimate of drug-likeness (QED) is 0.344. The van der Waals surface area contributed by atoms with Gasteiger partial charge in [0.2, 0.25) is 0 Å². The molecule has 1 aromatic carbocycles. The first-order chi connectivity index (χ1) is 14.5. The molecule has 0 unspecified atom stereocenters. The van der Waals surface area contributed by atoms with Gasteiger partial charge < -0.3 is 25.0 Å². The average molecular weight is 423 g/mol. The van der Waals surface area contributed by atoms with Gasteiger partial charge in [0, 0.05) is 52.1 Å². The summed E-state index contributed by atoms with van der Waals surface area (Å²) in [5.41, 5.74) is 0.845. The molecule has 168 valence electrons. The van der Waals surface area contributed by atoms with Crippen LogP contribution in [0.5, 0.6) is 0 Å². The van der Waals surface area contributed by atoms with Crippen molar-refractivity contribution in [1.82, 2.24) is 15.5 Å². The second-order valence-corrected chi connectivity index (χ2v) is 7.36. The minimum Gasteiger partial charge on any atom is -0.385 e. The zero-order chi connectivity index (χ0) is 21.8. The van der Waals surface area contributed by atoms with Crippen LogP contribution in [0.1, 0.15) is 42.1 Å². The molecule has 1 amide bonds. The van der Waals surface area contributed by atoms with Crippen molar-refractivity contribution >= 4 is 11.9 Å². The van der Waals surface area contributed by atoms with E-state index >= 15 is 0 Å². The molecule has 0 aromatic heterocycles. The van der Waals surface area contributed by atoms with Crippen molar-refractivity contribution in [1.29, 1.82) is 0 Å². The van der Waals surface area contributed by atoms with Gasteiger partial charge in [-0.15, -0.1) is 0 Å². The van der Waals surface area contributed by atoms with Gasteiger partial charge in [-0.2, -0.15) is 0 Å². The van der Waals surface area contributed by atoms with Crippen LogP contribution in [0.4, 0.5) is 4.39 Å². The monoisotopic (exact) mass is 422 g/mol. The van der Waals surface area contributed by atoms with Crippen molar-refractivity contribution in [2.45, 2.75) is 39.2 Å². The molecule has 0 spiro atoms. The summed E-state index contributed by atoms with van der Waals surface area (Å²) < 4.78 is 24.6. The Bertz CT molecular complexity index is 691. The molecule has 8 heteroatoms. The number of benzene rings is 1. The van der Waals surface area contributed by atoms with Crippen LogP contribution in [0.15, 0.2) is 23.2 Å². The van der Waals surface area contributed by atoms with E-state index < -0.39 is 0 Å². The van der Waals surface area contributed by atoms with Gasteiger partial charge in [0.05, 0.1) is 12.6 Å². The molecule has 0 bridgehead atoms. The van der Waals surface area contributed by atoms with Gasteiger partial charge in [0.1, 0.15) is 5.82 Å². The molecular formula is C22H35FN4O3. The first-order valence-electron chi connectivity index (χ1n) is 10.7. The lowest BCUT2D eigenvalue weighted by molar-refractivity contribution is 0.00990. The third kappa shape index (κ3) is 7.91. The van der Waals surface area contributed by atoms with Gasteiger partial charge >= 0.3 is 0 Å². The number of likely N-dealkylation sites (tertiary alicyclic amines) is 1. The molecule has 30 heavy (non-hydrogen) atoms. The number of rotatable bonds is 10. The highest BCUT2D eigenvalue weighted by molar-refractivity contribution is 5.94. The van der Waals surface area contributed by atoms with E-state index in [4.69, 9.17) is 9.47 Å². The van der Waals surface area contributed by atoms with Gasteiger partial charge in [-0.05, 0) is 50.8 Å². The SMILES string of the molecule is CCNC(=NCCNC(=O)c1ccc(C)c(F)c1)N1CCC(OCCCOC)CC1. The van der Waals surface area contributed by atoms with Crippen molar-refractivity contribution in [3.8, 4) is 0 Å². The number of piperidine rings is 1. The first-order valence-corrected chi connectivity index (χ1v) is 10.7. The van der Waals surface area contributed by atoms with Gasteiger partial charge in [-0.1, -0.05) is 6.07 Å². The predicted octanol–water partition coefficient (Wildman–Crippen LogP) is 2.35. The number of nitrogens with zero attached hydrogens (tertiary/aromatic N) is 2. The summed E-state index contributed by atoms with van der Waals surface area (Å²) in [6.45, 7) is 8.56. The number of nitrogens with one attached hydrogen (secondary N) is 2. The Labute approximate surface area is 179 Å². The van der Waals surface area contributed by atoms with Crippen molar-refractivity contribution < 1.29 is 18.7 Å². The Kier molecular flexibility index (Phi) is 10.6. The van der Waals surface area contributed by atoms with E-state index in [0.717, 1.165) is 58.1 Å². The summed E-state index contributed by atoms with van der Waals surface area (Å²) >= 11 is 0. The van der Waals surface area contributed by atoms with Gasteiger partial charge in [-0.3, -0.25) is 9.79 Å². The molecule has 1 saturated heterocycles. The van der Waals surface area contributed by atoms with Gasteiger partial charge in [0.25, 0.3) is 5.91 Å². The van der Waals surface area contributed by atoms with Crippen molar-refractivity contribution in [2.24, 2.45) is 4.99 Å². The minimum absolute atomic E-state index is 0.287. The van der Waals surface area contributed by atoms with E-state index in [1.807, 2.05) is 6.92 Å². The molecular weight excluding hydrogens is 387 g/mol. The summed E-state index contributed by atoms with van der Waals surface area (Å²) in [6, 6.07) is 4.50. The number of aliphatic imine (C=N–C) groups is 1. The normalized spacial score (nSPS) is 15.3. The summed E-state index contributed by atoms with van der Waals surface area (Å²) in [5.74, 6) is 0.188. The molecule has 7 nitrogen and oxygen atoms in total. The van der Waals surface area contributed by atoms with Crippen LogP contribution in [-0.4, -0.2) is 75.9 Å². The van der Waals surface area contributed by atoms with E-state index in [1.165, 1.54) is 6.07 Å². The zero-order valence-corrected chi connectivity index (χ0v) is 18.4. The molecule has 2 rings (SSSR count). The Morgan fingerprint density at radius 2 is 2.03 bits per heavy atom. The second-order valence-electron chi connectivity index (χ2n) is 7.36. The fraction of sp³-hybridized carbons (Fsp3) is 0.636. The Hall–Kier alpha value is -2.19. The average Bonchev–Trinajstić information content (AvgIpc) is 2.75. The predicted molar refractivity (Wildman–Crippen MR) is 116 cm³/mol. The molecule has 1 heterocycles. The number of carbonyl (C=O) groups excluding carboxylic acids is 1. The Morgan fingerprint density at radius 3 is 2.70 bits per heavy atom. The number of hydrogen-bond acceptors (Lipinski definition) is 4. The topological polar surface area (TPSA) is 75.2 Å². The highest BCUT2D eigenvalue weighted by atomic mass is 19.1. The number of methoxy groups -OCH3 is 1. The number of amides is 1. The van der Waals surface area contributed by atoms with Crippen LogP contribution in [0.25, 0.3) is 0 Å². The third-order valence-electron chi connectivity index (χ3n) is 5.02. The van der Waals surface area contributed by atoms with Crippen LogP contribution >= 0.6 is 0 Å². The summed E-state index contributed by atoms with van der Waals surface area (Å²) in [7, 11) is 1.70. The molecule has 2 N–H and O–H groups in total. The van der Waals surface area contributed by atoms with Gasteiger partial charge in [-0.25, -0.2) is 4.39 Å². The maximum atomic E-state index is 13.6. The van der Waals surface area contributed by atoms with E-state index in [9.17, 15) is 9.18 Å². The summed E-state index contributed by atoms with van der Waals surface area (Å²) in [4.78, 5) is 19.0. The minimum atomic E-state index is -0.374. The molecule has 1 aliphatic rings. The molecule has 0 atom stereocenters. The lowest BCUT2D eigenvalue weighted by atomic mass is 10.1. The summed E-state index contributed by atoms with van der Waals surface area (Å²) in [6.07, 6.45) is 3.14.